The quantitative estimate of drug-likeness (QED) is 0.658. The van der Waals surface area contributed by atoms with Crippen molar-refractivity contribution in [2.24, 2.45) is 5.92 Å². The second-order valence-corrected chi connectivity index (χ2v) is 10.3. The maximum absolute atomic E-state index is 13.3. The first-order valence-corrected chi connectivity index (χ1v) is 12.4. The van der Waals surface area contributed by atoms with Crippen LogP contribution in [0, 0.1) is 5.92 Å². The molecule has 0 spiro atoms. The van der Waals surface area contributed by atoms with E-state index in [9.17, 15) is 13.2 Å². The molecule has 1 aliphatic heterocycles. The molecule has 1 heterocycles. The minimum atomic E-state index is -3.51. The van der Waals surface area contributed by atoms with E-state index >= 15 is 0 Å². The molecule has 1 amide bonds. The number of aryl methyl sites for hydroxylation is 1. The Balaban J connectivity index is 1.58. The molecule has 0 radical (unpaired) electrons. The second-order valence-electron chi connectivity index (χ2n) is 7.94. The summed E-state index contributed by atoms with van der Waals surface area (Å²) >= 11 is 6.32. The van der Waals surface area contributed by atoms with Crippen LogP contribution in [0.4, 0.5) is 5.69 Å². The number of fused-ring (bicyclic) bond motifs is 1. The first-order valence-electron chi connectivity index (χ1n) is 10.6. The number of amides is 1. The van der Waals surface area contributed by atoms with Crippen molar-refractivity contribution in [3.05, 3.63) is 58.6 Å². The molecule has 7 heteroatoms. The number of carbonyl (C=O) groups is 1. The molecule has 30 heavy (non-hydrogen) atoms. The highest BCUT2D eigenvalue weighted by atomic mass is 35.5. The lowest BCUT2D eigenvalue weighted by atomic mass is 10.0. The van der Waals surface area contributed by atoms with Gasteiger partial charge in [0, 0.05) is 36.3 Å². The van der Waals surface area contributed by atoms with E-state index in [0.717, 1.165) is 36.1 Å². The third-order valence-electron chi connectivity index (χ3n) is 6.19. The van der Waals surface area contributed by atoms with E-state index in [1.807, 2.05) is 43.0 Å². The van der Waals surface area contributed by atoms with E-state index in [1.54, 1.807) is 18.2 Å². The van der Waals surface area contributed by atoms with Crippen molar-refractivity contribution in [2.45, 2.75) is 43.9 Å². The summed E-state index contributed by atoms with van der Waals surface area (Å²) < 4.78 is 27.2. The summed E-state index contributed by atoms with van der Waals surface area (Å²) in [5, 5.41) is 0.711. The van der Waals surface area contributed by atoms with Crippen LogP contribution in [-0.2, 0) is 21.2 Å². The number of hydrogen-bond donors (Lipinski definition) is 0. The third-order valence-corrected chi connectivity index (χ3v) is 8.58. The van der Waals surface area contributed by atoms with E-state index in [1.165, 1.54) is 4.31 Å². The normalized spacial score (nSPS) is 20.9. The Kier molecular flexibility index (Phi) is 5.93. The van der Waals surface area contributed by atoms with Crippen molar-refractivity contribution in [1.29, 1.82) is 0 Å². The Bertz CT molecular complexity index is 1070. The second kappa shape index (κ2) is 8.33. The maximum Gasteiger partial charge on any atom is 0.243 e. The number of halogens is 1. The van der Waals surface area contributed by atoms with Crippen molar-refractivity contribution in [3.8, 4) is 0 Å². The first-order chi connectivity index (χ1) is 14.4. The van der Waals surface area contributed by atoms with Gasteiger partial charge in [0.15, 0.2) is 0 Å². The zero-order chi connectivity index (χ0) is 21.5. The van der Waals surface area contributed by atoms with Gasteiger partial charge in [-0.25, -0.2) is 8.42 Å². The molecule has 0 aromatic heterocycles. The molecule has 5 nitrogen and oxygen atoms in total. The molecule has 2 aliphatic rings. The zero-order valence-electron chi connectivity index (χ0n) is 17.3. The molecule has 1 fully saturated rings. The van der Waals surface area contributed by atoms with Crippen LogP contribution in [0.15, 0.2) is 47.4 Å². The average Bonchev–Trinajstić information content (AvgIpc) is 3.54. The van der Waals surface area contributed by atoms with Crippen molar-refractivity contribution in [2.75, 3.05) is 24.5 Å². The lowest BCUT2D eigenvalue weighted by molar-refractivity contribution is -0.120. The standard InChI is InChI=1S/C23H27ClN2O3S/c1-3-25(4-2)30(28,29)17-11-12-22-16(14-17)8-7-13-26(22)23(27)20-15-19(20)18-9-5-6-10-21(18)24/h5-6,9-12,14,19-20H,3-4,7-8,13,15H2,1-2H3. The number of carbonyl (C=O) groups excluding carboxylic acids is 1. The fourth-order valence-corrected chi connectivity index (χ4v) is 6.25. The van der Waals surface area contributed by atoms with Crippen LogP contribution in [0.3, 0.4) is 0 Å². The summed E-state index contributed by atoms with van der Waals surface area (Å²) in [4.78, 5) is 15.4. The average molecular weight is 447 g/mol. The number of rotatable bonds is 6. The Hall–Kier alpha value is -1.89. The highest BCUT2D eigenvalue weighted by Crippen LogP contribution is 2.51. The third kappa shape index (κ3) is 3.77. The van der Waals surface area contributed by atoms with Gasteiger partial charge in [0.05, 0.1) is 4.90 Å². The predicted molar refractivity (Wildman–Crippen MR) is 120 cm³/mol. The smallest absolute Gasteiger partial charge is 0.243 e. The zero-order valence-corrected chi connectivity index (χ0v) is 18.9. The van der Waals surface area contributed by atoms with Gasteiger partial charge in [-0.15, -0.1) is 0 Å². The van der Waals surface area contributed by atoms with Gasteiger partial charge in [0.25, 0.3) is 0 Å². The summed E-state index contributed by atoms with van der Waals surface area (Å²) in [6.45, 7) is 5.22. The number of benzene rings is 2. The van der Waals surface area contributed by atoms with Crippen LogP contribution >= 0.6 is 11.6 Å². The van der Waals surface area contributed by atoms with Crippen molar-refractivity contribution in [3.63, 3.8) is 0 Å². The highest BCUT2D eigenvalue weighted by Gasteiger charge is 2.47. The number of hydrogen-bond acceptors (Lipinski definition) is 3. The van der Waals surface area contributed by atoms with Gasteiger partial charge in [-0.2, -0.15) is 4.31 Å². The number of nitrogens with zero attached hydrogens (tertiary/aromatic N) is 2. The monoisotopic (exact) mass is 446 g/mol. The Morgan fingerprint density at radius 2 is 1.90 bits per heavy atom. The molecule has 0 bridgehead atoms. The van der Waals surface area contributed by atoms with Gasteiger partial charge in [0.1, 0.15) is 0 Å². The van der Waals surface area contributed by atoms with Crippen molar-refractivity contribution >= 4 is 33.2 Å². The first kappa shape index (κ1) is 21.3. The van der Waals surface area contributed by atoms with E-state index in [-0.39, 0.29) is 17.7 Å². The molecule has 160 valence electrons. The molecule has 2 atom stereocenters. The van der Waals surface area contributed by atoms with Gasteiger partial charge in [-0.1, -0.05) is 43.6 Å². The lowest BCUT2D eigenvalue weighted by Crippen LogP contribution is -2.37. The minimum Gasteiger partial charge on any atom is -0.312 e. The van der Waals surface area contributed by atoms with E-state index in [2.05, 4.69) is 0 Å². The Labute approximate surface area is 183 Å². The summed E-state index contributed by atoms with van der Waals surface area (Å²) in [7, 11) is -3.51. The fourth-order valence-electron chi connectivity index (χ4n) is 4.46. The molecule has 2 aromatic carbocycles. The van der Waals surface area contributed by atoms with Gasteiger partial charge < -0.3 is 4.90 Å². The molecule has 2 unspecified atom stereocenters. The fraction of sp³-hybridized carbons (Fsp3) is 0.435. The van der Waals surface area contributed by atoms with Crippen LogP contribution in [0.2, 0.25) is 5.02 Å². The SMILES string of the molecule is CCN(CC)S(=O)(=O)c1ccc2c(c1)CCCN2C(=O)C1CC1c1ccccc1Cl. The Morgan fingerprint density at radius 3 is 2.60 bits per heavy atom. The molecule has 0 saturated heterocycles. The largest absolute Gasteiger partial charge is 0.312 e. The van der Waals surface area contributed by atoms with Crippen LogP contribution in [-0.4, -0.2) is 38.3 Å². The topological polar surface area (TPSA) is 57.7 Å². The molecule has 1 aliphatic carbocycles. The molecule has 4 rings (SSSR count). The molecular weight excluding hydrogens is 420 g/mol. The van der Waals surface area contributed by atoms with Crippen LogP contribution < -0.4 is 4.90 Å². The predicted octanol–water partition coefficient (Wildman–Crippen LogP) is 4.45. The number of sulfonamides is 1. The van der Waals surface area contributed by atoms with Gasteiger partial charge in [-0.05, 0) is 60.6 Å². The molecule has 0 N–H and O–H groups in total. The molecule has 1 saturated carbocycles. The summed E-state index contributed by atoms with van der Waals surface area (Å²) in [6, 6.07) is 12.9. The lowest BCUT2D eigenvalue weighted by Gasteiger charge is -2.30. The van der Waals surface area contributed by atoms with E-state index in [4.69, 9.17) is 11.6 Å². The van der Waals surface area contributed by atoms with Crippen LogP contribution in [0.25, 0.3) is 0 Å². The molecular formula is C23H27ClN2O3S. The van der Waals surface area contributed by atoms with Gasteiger partial charge in [0.2, 0.25) is 15.9 Å². The van der Waals surface area contributed by atoms with E-state index in [0.29, 0.717) is 29.6 Å². The Morgan fingerprint density at radius 1 is 1.17 bits per heavy atom. The minimum absolute atomic E-state index is 0.0602. The maximum atomic E-state index is 13.3. The van der Waals surface area contributed by atoms with Crippen molar-refractivity contribution in [1.82, 2.24) is 4.31 Å². The van der Waals surface area contributed by atoms with Gasteiger partial charge in [-0.3, -0.25) is 4.79 Å². The van der Waals surface area contributed by atoms with Crippen molar-refractivity contribution < 1.29 is 13.2 Å². The van der Waals surface area contributed by atoms with Crippen LogP contribution in [0.1, 0.15) is 43.7 Å². The van der Waals surface area contributed by atoms with Crippen LogP contribution in [0.5, 0.6) is 0 Å². The molecule has 2 aromatic rings. The summed E-state index contributed by atoms with van der Waals surface area (Å²) in [5.41, 5.74) is 2.81. The number of anilines is 1. The summed E-state index contributed by atoms with van der Waals surface area (Å²) in [5.74, 6) is 0.217. The highest BCUT2D eigenvalue weighted by molar-refractivity contribution is 7.89. The van der Waals surface area contributed by atoms with E-state index < -0.39 is 10.0 Å². The summed E-state index contributed by atoms with van der Waals surface area (Å²) in [6.07, 6.45) is 2.42. The van der Waals surface area contributed by atoms with Gasteiger partial charge >= 0.3 is 0 Å².